The summed E-state index contributed by atoms with van der Waals surface area (Å²) in [6, 6.07) is 9.88. The third kappa shape index (κ3) is 3.57. The number of nitrogens with one attached hydrogen (secondary N) is 1. The van der Waals surface area contributed by atoms with E-state index in [-0.39, 0.29) is 17.9 Å². The van der Waals surface area contributed by atoms with E-state index in [0.29, 0.717) is 6.61 Å². The predicted octanol–water partition coefficient (Wildman–Crippen LogP) is 1.81. The van der Waals surface area contributed by atoms with Gasteiger partial charge in [0.05, 0.1) is 5.92 Å². The fraction of sp³-hybridized carbons (Fsp3) is 0.421. The Balaban J connectivity index is 1.36. The van der Waals surface area contributed by atoms with Crippen molar-refractivity contribution in [3.63, 3.8) is 0 Å². The number of hydrogen-bond donors (Lipinski definition) is 1. The highest BCUT2D eigenvalue weighted by molar-refractivity contribution is 5.80. The van der Waals surface area contributed by atoms with Gasteiger partial charge in [0.25, 0.3) is 0 Å². The summed E-state index contributed by atoms with van der Waals surface area (Å²) in [5.74, 6) is 1.58. The number of rotatable bonds is 3. The van der Waals surface area contributed by atoms with Gasteiger partial charge in [-0.05, 0) is 37.0 Å². The molecule has 0 spiro atoms. The van der Waals surface area contributed by atoms with E-state index in [2.05, 4.69) is 20.2 Å². The Morgan fingerprint density at radius 3 is 2.92 bits per heavy atom. The SMILES string of the molecule is O=C(N[C@H]1CCCN(c2ncccn2)C1)[C@H]1COc2ccccc2C1. The number of carbonyl (C=O) groups excluding carboxylic acids is 1. The van der Waals surface area contributed by atoms with Gasteiger partial charge in [-0.3, -0.25) is 4.79 Å². The number of benzene rings is 1. The van der Waals surface area contributed by atoms with Crippen molar-refractivity contribution in [2.24, 2.45) is 5.92 Å². The number of nitrogens with zero attached hydrogens (tertiary/aromatic N) is 3. The van der Waals surface area contributed by atoms with Gasteiger partial charge in [0, 0.05) is 31.5 Å². The van der Waals surface area contributed by atoms with Gasteiger partial charge in [-0.2, -0.15) is 0 Å². The number of para-hydroxylation sites is 1. The Morgan fingerprint density at radius 1 is 1.20 bits per heavy atom. The molecule has 0 aliphatic carbocycles. The lowest BCUT2D eigenvalue weighted by Gasteiger charge is -2.34. The van der Waals surface area contributed by atoms with E-state index in [4.69, 9.17) is 4.74 Å². The minimum absolute atomic E-state index is 0.0790. The summed E-state index contributed by atoms with van der Waals surface area (Å²) >= 11 is 0. The molecule has 2 atom stereocenters. The zero-order chi connectivity index (χ0) is 17.1. The molecule has 6 heteroatoms. The lowest BCUT2D eigenvalue weighted by atomic mass is 9.95. The highest BCUT2D eigenvalue weighted by atomic mass is 16.5. The first-order valence-electron chi connectivity index (χ1n) is 8.82. The van der Waals surface area contributed by atoms with Crippen LogP contribution in [0.3, 0.4) is 0 Å². The molecule has 2 aliphatic heterocycles. The van der Waals surface area contributed by atoms with Crippen molar-refractivity contribution in [2.75, 3.05) is 24.6 Å². The smallest absolute Gasteiger partial charge is 0.227 e. The molecule has 0 saturated carbocycles. The van der Waals surface area contributed by atoms with Crippen LogP contribution in [-0.4, -0.2) is 41.6 Å². The molecule has 2 aliphatic rings. The van der Waals surface area contributed by atoms with Gasteiger partial charge in [0.15, 0.2) is 0 Å². The molecule has 1 amide bonds. The van der Waals surface area contributed by atoms with Crippen LogP contribution in [0.1, 0.15) is 18.4 Å². The average molecular weight is 338 g/mol. The van der Waals surface area contributed by atoms with Crippen molar-refractivity contribution in [3.8, 4) is 5.75 Å². The van der Waals surface area contributed by atoms with Gasteiger partial charge >= 0.3 is 0 Å². The molecule has 1 aromatic carbocycles. The van der Waals surface area contributed by atoms with Crippen LogP contribution >= 0.6 is 0 Å². The number of fused-ring (bicyclic) bond motifs is 1. The Hall–Kier alpha value is -2.63. The molecule has 1 aromatic heterocycles. The van der Waals surface area contributed by atoms with Crippen LogP contribution in [0.15, 0.2) is 42.7 Å². The second-order valence-corrected chi connectivity index (χ2v) is 6.66. The molecule has 6 nitrogen and oxygen atoms in total. The third-order valence-corrected chi connectivity index (χ3v) is 4.85. The molecule has 0 radical (unpaired) electrons. The number of ether oxygens (including phenoxy) is 1. The third-order valence-electron chi connectivity index (χ3n) is 4.85. The maximum Gasteiger partial charge on any atom is 0.227 e. The van der Waals surface area contributed by atoms with Crippen LogP contribution in [0.25, 0.3) is 0 Å². The summed E-state index contributed by atoms with van der Waals surface area (Å²) in [7, 11) is 0. The highest BCUT2D eigenvalue weighted by Gasteiger charge is 2.29. The van der Waals surface area contributed by atoms with Crippen molar-refractivity contribution in [3.05, 3.63) is 48.3 Å². The number of hydrogen-bond acceptors (Lipinski definition) is 5. The molecule has 1 saturated heterocycles. The van der Waals surface area contributed by atoms with Crippen LogP contribution in [0.5, 0.6) is 5.75 Å². The minimum Gasteiger partial charge on any atom is -0.492 e. The van der Waals surface area contributed by atoms with Crippen molar-refractivity contribution >= 4 is 11.9 Å². The van der Waals surface area contributed by atoms with E-state index < -0.39 is 0 Å². The van der Waals surface area contributed by atoms with Gasteiger partial charge < -0.3 is 15.0 Å². The normalized spacial score (nSPS) is 22.6. The predicted molar refractivity (Wildman–Crippen MR) is 94.5 cm³/mol. The van der Waals surface area contributed by atoms with Crippen molar-refractivity contribution in [1.29, 1.82) is 0 Å². The molecule has 0 unspecified atom stereocenters. The number of aromatic nitrogens is 2. The van der Waals surface area contributed by atoms with Crippen molar-refractivity contribution in [2.45, 2.75) is 25.3 Å². The minimum atomic E-state index is -0.127. The number of anilines is 1. The van der Waals surface area contributed by atoms with Crippen molar-refractivity contribution in [1.82, 2.24) is 15.3 Å². The highest BCUT2D eigenvalue weighted by Crippen LogP contribution is 2.27. The second kappa shape index (κ2) is 7.09. The van der Waals surface area contributed by atoms with Crippen LogP contribution in [0.2, 0.25) is 0 Å². The number of amides is 1. The van der Waals surface area contributed by atoms with Crippen LogP contribution in [-0.2, 0) is 11.2 Å². The van der Waals surface area contributed by atoms with Gasteiger partial charge in [-0.15, -0.1) is 0 Å². The van der Waals surface area contributed by atoms with E-state index in [9.17, 15) is 4.79 Å². The van der Waals surface area contributed by atoms with E-state index in [0.717, 1.165) is 49.6 Å². The zero-order valence-corrected chi connectivity index (χ0v) is 14.1. The Kier molecular flexibility index (Phi) is 4.50. The molecule has 0 bridgehead atoms. The standard InChI is InChI=1S/C19H22N4O2/c24-18(15-11-14-5-1-2-7-17(14)25-13-15)22-16-6-3-10-23(12-16)19-20-8-4-9-21-19/h1-2,4-5,7-9,15-16H,3,6,10-13H2,(H,22,24)/t15-,16+/m1/s1. The fourth-order valence-corrected chi connectivity index (χ4v) is 3.55. The lowest BCUT2D eigenvalue weighted by molar-refractivity contribution is -0.127. The molecular weight excluding hydrogens is 316 g/mol. The first kappa shape index (κ1) is 15.9. The lowest BCUT2D eigenvalue weighted by Crippen LogP contribution is -2.50. The summed E-state index contributed by atoms with van der Waals surface area (Å²) in [6.45, 7) is 2.12. The average Bonchev–Trinajstić information content (AvgIpc) is 2.68. The molecule has 25 heavy (non-hydrogen) atoms. The van der Waals surface area contributed by atoms with E-state index in [1.54, 1.807) is 12.4 Å². The van der Waals surface area contributed by atoms with Crippen molar-refractivity contribution < 1.29 is 9.53 Å². The molecule has 130 valence electrons. The Morgan fingerprint density at radius 2 is 2.04 bits per heavy atom. The van der Waals surface area contributed by atoms with E-state index in [1.165, 1.54) is 0 Å². The quantitative estimate of drug-likeness (QED) is 0.924. The molecule has 1 fully saturated rings. The summed E-state index contributed by atoms with van der Waals surface area (Å²) in [4.78, 5) is 23.4. The largest absolute Gasteiger partial charge is 0.492 e. The molecule has 1 N–H and O–H groups in total. The summed E-state index contributed by atoms with van der Waals surface area (Å²) in [5, 5.41) is 3.20. The summed E-state index contributed by atoms with van der Waals surface area (Å²) in [6.07, 6.45) is 6.25. The summed E-state index contributed by atoms with van der Waals surface area (Å²) in [5.41, 5.74) is 1.11. The monoisotopic (exact) mass is 338 g/mol. The zero-order valence-electron chi connectivity index (χ0n) is 14.1. The maximum absolute atomic E-state index is 12.7. The topological polar surface area (TPSA) is 67.4 Å². The van der Waals surface area contributed by atoms with Gasteiger partial charge in [0.1, 0.15) is 12.4 Å². The Labute approximate surface area is 147 Å². The van der Waals surface area contributed by atoms with Gasteiger partial charge in [-0.25, -0.2) is 9.97 Å². The fourth-order valence-electron chi connectivity index (χ4n) is 3.55. The van der Waals surface area contributed by atoms with E-state index >= 15 is 0 Å². The second-order valence-electron chi connectivity index (χ2n) is 6.66. The maximum atomic E-state index is 12.7. The van der Waals surface area contributed by atoms with Crippen LogP contribution in [0, 0.1) is 5.92 Å². The first-order valence-corrected chi connectivity index (χ1v) is 8.82. The van der Waals surface area contributed by atoms with Gasteiger partial charge in [0.2, 0.25) is 11.9 Å². The van der Waals surface area contributed by atoms with Crippen LogP contribution < -0.4 is 15.0 Å². The summed E-state index contributed by atoms with van der Waals surface area (Å²) < 4.78 is 5.75. The molecule has 3 heterocycles. The van der Waals surface area contributed by atoms with Crippen LogP contribution in [0.4, 0.5) is 5.95 Å². The molecule has 2 aromatic rings. The first-order chi connectivity index (χ1) is 12.3. The van der Waals surface area contributed by atoms with Gasteiger partial charge in [-0.1, -0.05) is 18.2 Å². The number of carbonyl (C=O) groups is 1. The molecular formula is C19H22N4O2. The van der Waals surface area contributed by atoms with E-state index in [1.807, 2.05) is 30.3 Å². The number of piperidine rings is 1. The molecule has 4 rings (SSSR count). The Bertz CT molecular complexity index is 737.